The summed E-state index contributed by atoms with van der Waals surface area (Å²) in [6.07, 6.45) is 0.940. The minimum atomic E-state index is -0.110. The van der Waals surface area contributed by atoms with Gasteiger partial charge in [-0.25, -0.2) is 0 Å². The third-order valence-corrected chi connectivity index (χ3v) is 4.88. The molecule has 5 heteroatoms. The normalized spacial score (nSPS) is 13.5. The topological polar surface area (TPSA) is 69.2 Å². The van der Waals surface area contributed by atoms with Gasteiger partial charge in [0.2, 0.25) is 5.91 Å². The van der Waals surface area contributed by atoms with Gasteiger partial charge in [0.15, 0.2) is 0 Å². The number of hydrogen-bond donors (Lipinski definition) is 2. The van der Waals surface area contributed by atoms with E-state index in [9.17, 15) is 4.79 Å². The van der Waals surface area contributed by atoms with E-state index in [0.29, 0.717) is 13.1 Å². The lowest BCUT2D eigenvalue weighted by molar-refractivity contribution is -0.132. The summed E-state index contributed by atoms with van der Waals surface area (Å²) < 4.78 is 0. The van der Waals surface area contributed by atoms with Crippen LogP contribution in [0.25, 0.3) is 22.4 Å². The quantitative estimate of drug-likeness (QED) is 0.762. The summed E-state index contributed by atoms with van der Waals surface area (Å²) in [4.78, 5) is 13.9. The van der Waals surface area contributed by atoms with Crippen molar-refractivity contribution < 1.29 is 9.90 Å². The van der Waals surface area contributed by atoms with Gasteiger partial charge in [0.1, 0.15) is 0 Å². The molecule has 0 radical (unpaired) electrons. The van der Waals surface area contributed by atoms with Gasteiger partial charge in [-0.1, -0.05) is 54.6 Å². The average molecular weight is 347 g/mol. The van der Waals surface area contributed by atoms with Gasteiger partial charge in [-0.3, -0.25) is 9.89 Å². The van der Waals surface area contributed by atoms with Crippen LogP contribution in [-0.4, -0.2) is 39.3 Å². The molecular formula is C21H21N3O2. The fourth-order valence-electron chi connectivity index (χ4n) is 3.45. The van der Waals surface area contributed by atoms with Crippen LogP contribution >= 0.6 is 0 Å². The Balaban J connectivity index is 1.60. The van der Waals surface area contributed by atoms with E-state index in [-0.39, 0.29) is 18.9 Å². The number of amides is 1. The first kappa shape index (κ1) is 16.5. The van der Waals surface area contributed by atoms with Crippen molar-refractivity contribution in [2.45, 2.75) is 19.4 Å². The van der Waals surface area contributed by atoms with Crippen molar-refractivity contribution >= 4 is 5.91 Å². The number of hydrogen-bond acceptors (Lipinski definition) is 3. The summed E-state index contributed by atoms with van der Waals surface area (Å²) in [5.41, 5.74) is 6.47. The molecule has 2 aromatic carbocycles. The SMILES string of the molecule is O=C(CCO)N1CCc2[nH]nc(-c3ccc(-c4ccccc4)cc3)c2C1. The number of aromatic amines is 1. The number of carbonyl (C=O) groups is 1. The fraction of sp³-hybridized carbons (Fsp3) is 0.238. The van der Waals surface area contributed by atoms with Gasteiger partial charge in [0.25, 0.3) is 0 Å². The minimum Gasteiger partial charge on any atom is -0.396 e. The molecule has 0 bridgehead atoms. The lowest BCUT2D eigenvalue weighted by Gasteiger charge is -2.27. The third-order valence-electron chi connectivity index (χ3n) is 4.88. The van der Waals surface area contributed by atoms with Gasteiger partial charge in [-0.05, 0) is 11.1 Å². The smallest absolute Gasteiger partial charge is 0.225 e. The zero-order chi connectivity index (χ0) is 17.9. The van der Waals surface area contributed by atoms with E-state index in [1.54, 1.807) is 4.90 Å². The Bertz CT molecular complexity index is 901. The molecule has 0 unspecified atom stereocenters. The van der Waals surface area contributed by atoms with Crippen molar-refractivity contribution in [3.63, 3.8) is 0 Å². The average Bonchev–Trinajstić information content (AvgIpc) is 3.12. The van der Waals surface area contributed by atoms with Crippen molar-refractivity contribution in [2.75, 3.05) is 13.2 Å². The Labute approximate surface area is 152 Å². The summed E-state index contributed by atoms with van der Waals surface area (Å²) in [7, 11) is 0. The molecule has 0 spiro atoms. The first-order valence-electron chi connectivity index (χ1n) is 8.87. The summed E-state index contributed by atoms with van der Waals surface area (Å²) in [5, 5.41) is 16.6. The third kappa shape index (κ3) is 3.13. The highest BCUT2D eigenvalue weighted by Gasteiger charge is 2.25. The lowest BCUT2D eigenvalue weighted by Crippen LogP contribution is -2.36. The number of nitrogens with zero attached hydrogens (tertiary/aromatic N) is 2. The van der Waals surface area contributed by atoms with E-state index >= 15 is 0 Å². The van der Waals surface area contributed by atoms with Crippen LogP contribution in [0, 0.1) is 0 Å². The molecule has 3 aromatic rings. The van der Waals surface area contributed by atoms with Crippen LogP contribution < -0.4 is 0 Å². The summed E-state index contributed by atoms with van der Waals surface area (Å²) in [5.74, 6) is -0.00951. The van der Waals surface area contributed by atoms with Gasteiger partial charge in [-0.15, -0.1) is 0 Å². The first-order chi connectivity index (χ1) is 12.8. The molecule has 132 valence electrons. The van der Waals surface area contributed by atoms with Gasteiger partial charge in [-0.2, -0.15) is 5.10 Å². The molecule has 2 N–H and O–H groups in total. The van der Waals surface area contributed by atoms with Crippen LogP contribution in [0.5, 0.6) is 0 Å². The second kappa shape index (κ2) is 7.14. The van der Waals surface area contributed by atoms with Gasteiger partial charge in [0, 0.05) is 42.8 Å². The Hall–Kier alpha value is -2.92. The molecule has 0 aliphatic carbocycles. The van der Waals surface area contributed by atoms with Crippen LogP contribution in [0.15, 0.2) is 54.6 Å². The zero-order valence-electron chi connectivity index (χ0n) is 14.5. The molecule has 4 rings (SSSR count). The molecule has 5 nitrogen and oxygen atoms in total. The summed E-state index contributed by atoms with van der Waals surface area (Å²) >= 11 is 0. The van der Waals surface area contributed by atoms with Gasteiger partial charge < -0.3 is 10.0 Å². The van der Waals surface area contributed by atoms with Crippen molar-refractivity contribution in [1.82, 2.24) is 15.1 Å². The molecule has 0 saturated heterocycles. The summed E-state index contributed by atoms with van der Waals surface area (Å²) in [6, 6.07) is 18.6. The zero-order valence-corrected chi connectivity index (χ0v) is 14.5. The number of fused-ring (bicyclic) bond motifs is 1. The Morgan fingerprint density at radius 1 is 1.04 bits per heavy atom. The molecular weight excluding hydrogens is 326 g/mol. The molecule has 1 aliphatic heterocycles. The fourth-order valence-corrected chi connectivity index (χ4v) is 3.45. The second-order valence-corrected chi connectivity index (χ2v) is 6.51. The maximum absolute atomic E-state index is 12.1. The van der Waals surface area contributed by atoms with Gasteiger partial charge in [0.05, 0.1) is 12.3 Å². The Kier molecular flexibility index (Phi) is 4.54. The largest absolute Gasteiger partial charge is 0.396 e. The molecule has 1 amide bonds. The number of aromatic nitrogens is 2. The molecule has 26 heavy (non-hydrogen) atoms. The highest BCUT2D eigenvalue weighted by atomic mass is 16.3. The van der Waals surface area contributed by atoms with E-state index in [0.717, 1.165) is 28.9 Å². The molecule has 1 aliphatic rings. The monoisotopic (exact) mass is 347 g/mol. The first-order valence-corrected chi connectivity index (χ1v) is 8.87. The maximum Gasteiger partial charge on any atom is 0.225 e. The van der Waals surface area contributed by atoms with Crippen LogP contribution in [0.2, 0.25) is 0 Å². The number of carbonyl (C=O) groups excluding carboxylic acids is 1. The van der Waals surface area contributed by atoms with E-state index in [1.165, 1.54) is 11.1 Å². The molecule has 0 atom stereocenters. The van der Waals surface area contributed by atoms with Crippen molar-refractivity contribution in [1.29, 1.82) is 0 Å². The van der Waals surface area contributed by atoms with Crippen LogP contribution in [0.1, 0.15) is 17.7 Å². The number of aliphatic hydroxyl groups excluding tert-OH is 1. The number of benzene rings is 2. The lowest BCUT2D eigenvalue weighted by atomic mass is 9.98. The molecule has 2 heterocycles. The number of H-pyrrole nitrogens is 1. The van der Waals surface area contributed by atoms with Crippen molar-refractivity contribution in [3.8, 4) is 22.4 Å². The van der Waals surface area contributed by atoms with Gasteiger partial charge >= 0.3 is 0 Å². The number of rotatable bonds is 4. The maximum atomic E-state index is 12.1. The number of aliphatic hydroxyl groups is 1. The van der Waals surface area contributed by atoms with E-state index < -0.39 is 0 Å². The summed E-state index contributed by atoms with van der Waals surface area (Å²) in [6.45, 7) is 1.10. The van der Waals surface area contributed by atoms with Crippen LogP contribution in [0.4, 0.5) is 0 Å². The van der Waals surface area contributed by atoms with E-state index in [2.05, 4.69) is 46.6 Å². The Morgan fingerprint density at radius 3 is 2.46 bits per heavy atom. The van der Waals surface area contributed by atoms with E-state index in [1.807, 2.05) is 18.2 Å². The molecule has 1 aromatic heterocycles. The van der Waals surface area contributed by atoms with Crippen molar-refractivity contribution in [3.05, 3.63) is 65.9 Å². The predicted molar refractivity (Wildman–Crippen MR) is 100 cm³/mol. The predicted octanol–water partition coefficient (Wildman–Crippen LogP) is 3.01. The van der Waals surface area contributed by atoms with Crippen molar-refractivity contribution in [2.24, 2.45) is 0 Å². The molecule has 0 fully saturated rings. The second-order valence-electron chi connectivity index (χ2n) is 6.51. The molecule has 0 saturated carbocycles. The highest BCUT2D eigenvalue weighted by molar-refractivity contribution is 5.77. The Morgan fingerprint density at radius 2 is 1.73 bits per heavy atom. The van der Waals surface area contributed by atoms with Crippen LogP contribution in [0.3, 0.4) is 0 Å². The van der Waals surface area contributed by atoms with Crippen LogP contribution in [-0.2, 0) is 17.8 Å². The highest BCUT2D eigenvalue weighted by Crippen LogP contribution is 2.30. The van der Waals surface area contributed by atoms with E-state index in [4.69, 9.17) is 5.11 Å². The number of nitrogens with one attached hydrogen (secondary N) is 1. The minimum absolute atomic E-state index is 0.00951. The standard InChI is InChI=1S/C21H21N3O2/c25-13-11-20(26)24-12-10-19-18(14-24)21(23-22-19)17-8-6-16(7-9-17)15-4-2-1-3-5-15/h1-9,25H,10-14H2,(H,22,23).